The van der Waals surface area contributed by atoms with Crippen molar-refractivity contribution in [1.82, 2.24) is 9.88 Å². The molecule has 1 amide bonds. The maximum Gasteiger partial charge on any atom is 0.410 e. The predicted octanol–water partition coefficient (Wildman–Crippen LogP) is 4.52. The molecule has 148 valence electrons. The average Bonchev–Trinajstić information content (AvgIpc) is 2.88. The Morgan fingerprint density at radius 2 is 2.12 bits per heavy atom. The van der Waals surface area contributed by atoms with Crippen molar-refractivity contribution in [2.75, 3.05) is 18.9 Å². The Labute approximate surface area is 162 Å². The minimum atomic E-state index is -0.405. The minimum absolute atomic E-state index is 0.0665. The summed E-state index contributed by atoms with van der Waals surface area (Å²) >= 11 is 1.15. The second-order valence-corrected chi connectivity index (χ2v) is 8.76. The van der Waals surface area contributed by atoms with Gasteiger partial charge in [-0.2, -0.15) is 0 Å². The third kappa shape index (κ3) is 7.03. The lowest BCUT2D eigenvalue weighted by atomic mass is 9.95. The van der Waals surface area contributed by atoms with Gasteiger partial charge in [0.25, 0.3) is 0 Å². The van der Waals surface area contributed by atoms with Gasteiger partial charge in [0.15, 0.2) is 0 Å². The number of nitrogens with two attached hydrogens (primary N) is 1. The first-order valence-corrected chi connectivity index (χ1v) is 9.92. The summed E-state index contributed by atoms with van der Waals surface area (Å²) in [6, 6.07) is 5.67. The number of carbonyl (C=O) groups excluding carboxylic acids is 1. The van der Waals surface area contributed by atoms with E-state index in [1.54, 1.807) is 0 Å². The molecule has 0 spiro atoms. The van der Waals surface area contributed by atoms with Crippen molar-refractivity contribution in [2.24, 2.45) is 11.1 Å². The molecule has 1 aliphatic heterocycles. The van der Waals surface area contributed by atoms with Crippen LogP contribution in [-0.4, -0.2) is 40.7 Å². The lowest BCUT2D eigenvalue weighted by molar-refractivity contribution is 0.0131. The van der Waals surface area contributed by atoms with E-state index in [-0.39, 0.29) is 11.6 Å². The number of hydrogen-bond acceptors (Lipinski definition) is 6. The summed E-state index contributed by atoms with van der Waals surface area (Å²) in [6.07, 6.45) is 2.03. The molecular weight excluding hydrogens is 348 g/mol. The third-order valence-corrected chi connectivity index (χ3v) is 4.72. The van der Waals surface area contributed by atoms with Crippen LogP contribution in [0.2, 0.25) is 0 Å². The lowest BCUT2D eigenvalue weighted by Gasteiger charge is -2.33. The standard InChI is InChI=1S/C13H25NO2.C6H9N3S/c1-7-10-8-13(5,6)14(9-10)11(15)16-12(2,3)4;1-8-5-3-2-4-6(9-5)10-7/h10H,7-9H2,1-6H3;2-4H,7H2,1H3,(H,8,9). The van der Waals surface area contributed by atoms with Gasteiger partial charge in [-0.1, -0.05) is 19.4 Å². The molecule has 0 radical (unpaired) electrons. The second-order valence-electron chi connectivity index (χ2n) is 8.11. The number of carbonyl (C=O) groups is 1. The molecule has 0 aliphatic carbocycles. The number of likely N-dealkylation sites (tertiary alicyclic amines) is 1. The van der Waals surface area contributed by atoms with E-state index < -0.39 is 5.60 Å². The van der Waals surface area contributed by atoms with Crippen LogP contribution >= 0.6 is 11.9 Å². The van der Waals surface area contributed by atoms with E-state index >= 15 is 0 Å². The van der Waals surface area contributed by atoms with Gasteiger partial charge in [0.1, 0.15) is 16.4 Å². The van der Waals surface area contributed by atoms with Crippen molar-refractivity contribution in [2.45, 2.75) is 70.6 Å². The van der Waals surface area contributed by atoms with Gasteiger partial charge >= 0.3 is 6.09 Å². The van der Waals surface area contributed by atoms with Crippen LogP contribution in [0, 0.1) is 5.92 Å². The van der Waals surface area contributed by atoms with Gasteiger partial charge in [0.05, 0.1) is 0 Å². The van der Waals surface area contributed by atoms with E-state index in [0.717, 1.165) is 42.2 Å². The van der Waals surface area contributed by atoms with Gasteiger partial charge in [-0.3, -0.25) is 5.14 Å². The molecule has 1 aliphatic rings. The van der Waals surface area contributed by atoms with E-state index in [1.165, 1.54) is 0 Å². The molecule has 0 bridgehead atoms. The minimum Gasteiger partial charge on any atom is -0.444 e. The number of rotatable bonds is 3. The largest absolute Gasteiger partial charge is 0.444 e. The highest BCUT2D eigenvalue weighted by atomic mass is 32.2. The normalized spacial score (nSPS) is 18.8. The van der Waals surface area contributed by atoms with Gasteiger partial charge in [0.2, 0.25) is 0 Å². The molecule has 1 fully saturated rings. The van der Waals surface area contributed by atoms with E-state index in [4.69, 9.17) is 9.88 Å². The van der Waals surface area contributed by atoms with Crippen molar-refractivity contribution in [3.05, 3.63) is 18.2 Å². The van der Waals surface area contributed by atoms with Crippen LogP contribution in [0.25, 0.3) is 0 Å². The molecule has 0 aromatic carbocycles. The molecule has 1 saturated heterocycles. The van der Waals surface area contributed by atoms with E-state index in [0.29, 0.717) is 5.92 Å². The summed E-state index contributed by atoms with van der Waals surface area (Å²) in [5, 5.41) is 9.05. The van der Waals surface area contributed by atoms with Gasteiger partial charge in [-0.15, -0.1) is 0 Å². The number of hydrogen-bond donors (Lipinski definition) is 2. The summed E-state index contributed by atoms with van der Waals surface area (Å²) in [5.74, 6) is 1.46. The summed E-state index contributed by atoms with van der Waals surface area (Å²) in [4.78, 5) is 18.1. The van der Waals surface area contributed by atoms with E-state index in [1.807, 2.05) is 50.9 Å². The Kier molecular flexibility index (Phi) is 8.21. The number of pyridine rings is 1. The van der Waals surface area contributed by atoms with Crippen LogP contribution in [0.4, 0.5) is 10.6 Å². The Hall–Kier alpha value is -1.47. The first kappa shape index (κ1) is 22.6. The highest BCUT2D eigenvalue weighted by Crippen LogP contribution is 2.35. The smallest absolute Gasteiger partial charge is 0.410 e. The summed E-state index contributed by atoms with van der Waals surface area (Å²) in [7, 11) is 1.83. The summed E-state index contributed by atoms with van der Waals surface area (Å²) in [5.41, 5.74) is -0.472. The lowest BCUT2D eigenvalue weighted by Crippen LogP contribution is -2.45. The van der Waals surface area contributed by atoms with Gasteiger partial charge in [0, 0.05) is 19.1 Å². The third-order valence-electron chi connectivity index (χ3n) is 4.25. The fourth-order valence-corrected chi connectivity index (χ4v) is 3.23. The summed E-state index contributed by atoms with van der Waals surface area (Å²) in [6.45, 7) is 13.0. The second kappa shape index (κ2) is 9.46. The highest BCUT2D eigenvalue weighted by molar-refractivity contribution is 7.97. The van der Waals surface area contributed by atoms with Crippen LogP contribution in [0.5, 0.6) is 0 Å². The number of aromatic nitrogens is 1. The van der Waals surface area contributed by atoms with Crippen molar-refractivity contribution >= 4 is 23.9 Å². The molecule has 1 aromatic heterocycles. The zero-order chi connectivity index (χ0) is 20.0. The first-order valence-electron chi connectivity index (χ1n) is 9.04. The molecule has 26 heavy (non-hydrogen) atoms. The SMILES string of the molecule is CCC1CN(C(=O)OC(C)(C)C)C(C)(C)C1.CNc1cccc(SN)n1. The first-order chi connectivity index (χ1) is 12.0. The Bertz CT molecular complexity index is 568. The van der Waals surface area contributed by atoms with E-state index in [2.05, 4.69) is 31.1 Å². The van der Waals surface area contributed by atoms with Gasteiger partial charge < -0.3 is 15.0 Å². The number of nitrogens with one attached hydrogen (secondary N) is 1. The molecule has 6 nitrogen and oxygen atoms in total. The Morgan fingerprint density at radius 1 is 1.46 bits per heavy atom. The van der Waals surface area contributed by atoms with Crippen molar-refractivity contribution < 1.29 is 9.53 Å². The molecule has 2 rings (SSSR count). The van der Waals surface area contributed by atoms with Crippen LogP contribution in [0.1, 0.15) is 54.4 Å². The molecule has 1 atom stereocenters. The van der Waals surface area contributed by atoms with E-state index in [9.17, 15) is 4.79 Å². The molecule has 2 heterocycles. The zero-order valence-electron chi connectivity index (χ0n) is 17.1. The van der Waals surface area contributed by atoms with Gasteiger partial charge in [-0.05, 0) is 71.0 Å². The zero-order valence-corrected chi connectivity index (χ0v) is 17.9. The van der Waals surface area contributed by atoms with Crippen LogP contribution in [0.3, 0.4) is 0 Å². The predicted molar refractivity (Wildman–Crippen MR) is 109 cm³/mol. The monoisotopic (exact) mass is 382 g/mol. The average molecular weight is 383 g/mol. The van der Waals surface area contributed by atoms with Crippen molar-refractivity contribution in [3.63, 3.8) is 0 Å². The Balaban J connectivity index is 0.000000289. The quantitative estimate of drug-likeness (QED) is 0.748. The number of ether oxygens (including phenoxy) is 1. The molecular formula is C19H34N4O2S. The maximum absolute atomic E-state index is 12.0. The van der Waals surface area contributed by atoms with Crippen molar-refractivity contribution in [1.29, 1.82) is 0 Å². The Morgan fingerprint density at radius 3 is 2.58 bits per heavy atom. The summed E-state index contributed by atoms with van der Waals surface area (Å²) < 4.78 is 5.44. The van der Waals surface area contributed by atoms with Crippen LogP contribution in [-0.2, 0) is 4.74 Å². The molecule has 1 aromatic rings. The highest BCUT2D eigenvalue weighted by Gasteiger charge is 2.42. The molecule has 0 saturated carbocycles. The van der Waals surface area contributed by atoms with Crippen LogP contribution in [0.15, 0.2) is 23.2 Å². The number of anilines is 1. The number of nitrogens with zero attached hydrogens (tertiary/aromatic N) is 2. The number of amides is 1. The van der Waals surface area contributed by atoms with Crippen molar-refractivity contribution in [3.8, 4) is 0 Å². The fraction of sp³-hybridized carbons (Fsp3) is 0.684. The topological polar surface area (TPSA) is 80.5 Å². The fourth-order valence-electron chi connectivity index (χ4n) is 2.92. The molecule has 1 unspecified atom stereocenters. The maximum atomic E-state index is 12.0. The van der Waals surface area contributed by atoms with Gasteiger partial charge in [-0.25, -0.2) is 9.78 Å². The van der Waals surface area contributed by atoms with Crippen LogP contribution < -0.4 is 10.5 Å². The molecule has 3 N–H and O–H groups in total. The molecule has 7 heteroatoms.